The predicted molar refractivity (Wildman–Crippen MR) is 80.7 cm³/mol. The molecule has 1 aromatic carbocycles. The molecule has 0 unspecified atom stereocenters. The van der Waals surface area contributed by atoms with Crippen molar-refractivity contribution in [3.8, 4) is 0 Å². The molecule has 3 nitrogen and oxygen atoms in total. The predicted octanol–water partition coefficient (Wildman–Crippen LogP) is 2.85. The van der Waals surface area contributed by atoms with Crippen molar-refractivity contribution >= 4 is 11.6 Å². The lowest BCUT2D eigenvalue weighted by Crippen LogP contribution is -2.43. The second-order valence-electron chi connectivity index (χ2n) is 5.33. The van der Waals surface area contributed by atoms with Gasteiger partial charge in [-0.15, -0.1) is 0 Å². The molecule has 1 N–H and O–H groups in total. The maximum atomic E-state index is 12.1. The molecule has 104 valence electrons. The van der Waals surface area contributed by atoms with Crippen LogP contribution in [0.5, 0.6) is 0 Å². The number of carbonyl (C=O) groups excluding carboxylic acids is 1. The largest absolute Gasteiger partial charge is 0.321 e. The number of amides is 1. The average Bonchev–Trinajstić information content (AvgIpc) is 2.33. The van der Waals surface area contributed by atoms with Crippen LogP contribution in [0.2, 0.25) is 0 Å². The van der Waals surface area contributed by atoms with Gasteiger partial charge in [-0.25, -0.2) is 0 Å². The maximum Gasteiger partial charge on any atom is 0.290 e. The number of anilines is 1. The Balaban J connectivity index is 2.11. The van der Waals surface area contributed by atoms with Gasteiger partial charge in [-0.05, 0) is 50.1 Å². The molecule has 0 spiro atoms. The van der Waals surface area contributed by atoms with Crippen molar-refractivity contribution in [1.82, 2.24) is 0 Å². The SMILES string of the molecule is Cc1cc(C)cc(NC(=O)C[n+]2cccc(C)c2C)c1. The summed E-state index contributed by atoms with van der Waals surface area (Å²) in [6, 6.07) is 10.1. The van der Waals surface area contributed by atoms with E-state index in [9.17, 15) is 4.79 Å². The van der Waals surface area contributed by atoms with Crippen molar-refractivity contribution in [2.75, 3.05) is 5.32 Å². The molecule has 0 aliphatic heterocycles. The van der Waals surface area contributed by atoms with Gasteiger partial charge in [0.05, 0.1) is 0 Å². The van der Waals surface area contributed by atoms with E-state index in [4.69, 9.17) is 0 Å². The molecule has 0 saturated heterocycles. The molecule has 20 heavy (non-hydrogen) atoms. The van der Waals surface area contributed by atoms with Gasteiger partial charge in [-0.2, -0.15) is 4.57 Å². The minimum absolute atomic E-state index is 0.00583. The summed E-state index contributed by atoms with van der Waals surface area (Å²) in [4.78, 5) is 12.1. The Morgan fingerprint density at radius 2 is 1.75 bits per heavy atom. The first kappa shape index (κ1) is 14.3. The Morgan fingerprint density at radius 3 is 2.40 bits per heavy atom. The lowest BCUT2D eigenvalue weighted by Gasteiger charge is -2.07. The Bertz CT molecular complexity index is 627. The smallest absolute Gasteiger partial charge is 0.290 e. The van der Waals surface area contributed by atoms with Crippen molar-refractivity contribution in [3.05, 3.63) is 58.9 Å². The third-order valence-corrected chi connectivity index (χ3v) is 3.43. The minimum atomic E-state index is -0.00583. The Hall–Kier alpha value is -2.16. The molecule has 0 bridgehead atoms. The van der Waals surface area contributed by atoms with E-state index in [1.54, 1.807) is 0 Å². The fraction of sp³-hybridized carbons (Fsp3) is 0.294. The van der Waals surface area contributed by atoms with Crippen molar-refractivity contribution < 1.29 is 9.36 Å². The van der Waals surface area contributed by atoms with Crippen LogP contribution in [0.1, 0.15) is 22.4 Å². The highest BCUT2D eigenvalue weighted by Crippen LogP contribution is 2.13. The van der Waals surface area contributed by atoms with E-state index in [0.717, 1.165) is 22.5 Å². The van der Waals surface area contributed by atoms with Crippen molar-refractivity contribution in [2.45, 2.75) is 34.2 Å². The van der Waals surface area contributed by atoms with E-state index in [-0.39, 0.29) is 5.91 Å². The second kappa shape index (κ2) is 5.87. The quantitative estimate of drug-likeness (QED) is 0.854. The Morgan fingerprint density at radius 1 is 1.10 bits per heavy atom. The first-order valence-corrected chi connectivity index (χ1v) is 6.79. The van der Waals surface area contributed by atoms with Crippen molar-refractivity contribution in [2.24, 2.45) is 0 Å². The van der Waals surface area contributed by atoms with Crippen LogP contribution >= 0.6 is 0 Å². The van der Waals surface area contributed by atoms with Gasteiger partial charge in [-0.1, -0.05) is 6.07 Å². The lowest BCUT2D eigenvalue weighted by atomic mass is 10.1. The average molecular weight is 269 g/mol. The lowest BCUT2D eigenvalue weighted by molar-refractivity contribution is -0.690. The normalized spacial score (nSPS) is 10.4. The number of pyridine rings is 1. The van der Waals surface area contributed by atoms with E-state index < -0.39 is 0 Å². The molecule has 1 amide bonds. The molecule has 0 radical (unpaired) electrons. The number of nitrogens with zero attached hydrogens (tertiary/aromatic N) is 1. The van der Waals surface area contributed by atoms with Crippen LogP contribution in [0.3, 0.4) is 0 Å². The van der Waals surface area contributed by atoms with Crippen LogP contribution in [0.25, 0.3) is 0 Å². The molecule has 1 aromatic heterocycles. The van der Waals surface area contributed by atoms with Gasteiger partial charge in [0.2, 0.25) is 6.54 Å². The third kappa shape index (κ3) is 3.44. The molecule has 2 aromatic rings. The molecule has 0 aliphatic carbocycles. The number of nitrogens with one attached hydrogen (secondary N) is 1. The molecular formula is C17H21N2O+. The van der Waals surface area contributed by atoms with E-state index in [2.05, 4.69) is 11.4 Å². The summed E-state index contributed by atoms with van der Waals surface area (Å²) in [7, 11) is 0. The first-order valence-electron chi connectivity index (χ1n) is 6.79. The number of hydrogen-bond donors (Lipinski definition) is 1. The summed E-state index contributed by atoms with van der Waals surface area (Å²) in [5.74, 6) is -0.00583. The molecule has 0 fully saturated rings. The van der Waals surface area contributed by atoms with Crippen LogP contribution < -0.4 is 9.88 Å². The second-order valence-corrected chi connectivity index (χ2v) is 5.33. The van der Waals surface area contributed by atoms with E-state index in [1.807, 2.05) is 62.7 Å². The van der Waals surface area contributed by atoms with Gasteiger partial charge in [0, 0.05) is 24.2 Å². The van der Waals surface area contributed by atoms with Gasteiger partial charge in [0.15, 0.2) is 11.9 Å². The van der Waals surface area contributed by atoms with Crippen LogP contribution in [-0.4, -0.2) is 5.91 Å². The summed E-state index contributed by atoms with van der Waals surface area (Å²) < 4.78 is 1.97. The highest BCUT2D eigenvalue weighted by atomic mass is 16.1. The highest BCUT2D eigenvalue weighted by molar-refractivity contribution is 5.89. The monoisotopic (exact) mass is 269 g/mol. The summed E-state index contributed by atoms with van der Waals surface area (Å²) in [6.07, 6.45) is 1.93. The van der Waals surface area contributed by atoms with Crippen LogP contribution in [0, 0.1) is 27.7 Å². The molecule has 0 saturated carbocycles. The highest BCUT2D eigenvalue weighted by Gasteiger charge is 2.13. The fourth-order valence-electron chi connectivity index (χ4n) is 2.32. The van der Waals surface area contributed by atoms with E-state index in [0.29, 0.717) is 6.54 Å². The number of benzene rings is 1. The van der Waals surface area contributed by atoms with Gasteiger partial charge < -0.3 is 5.32 Å². The third-order valence-electron chi connectivity index (χ3n) is 3.43. The maximum absolute atomic E-state index is 12.1. The standard InChI is InChI=1S/C17H20N2O/c1-12-8-13(2)10-16(9-12)18-17(20)11-19-7-5-6-14(3)15(19)4/h5-10H,11H2,1-4H3/p+1. The number of aryl methyl sites for hydroxylation is 3. The van der Waals surface area contributed by atoms with Gasteiger partial charge in [-0.3, -0.25) is 4.79 Å². The van der Waals surface area contributed by atoms with Gasteiger partial charge in [0.1, 0.15) is 0 Å². The number of hydrogen-bond acceptors (Lipinski definition) is 1. The Labute approximate surface area is 120 Å². The zero-order valence-electron chi connectivity index (χ0n) is 12.5. The van der Waals surface area contributed by atoms with Gasteiger partial charge >= 0.3 is 0 Å². The van der Waals surface area contributed by atoms with E-state index in [1.165, 1.54) is 5.56 Å². The molecule has 0 aliphatic rings. The molecule has 1 heterocycles. The summed E-state index contributed by atoms with van der Waals surface area (Å²) in [5.41, 5.74) is 5.47. The number of aromatic nitrogens is 1. The van der Waals surface area contributed by atoms with Crippen LogP contribution in [0.15, 0.2) is 36.5 Å². The fourth-order valence-corrected chi connectivity index (χ4v) is 2.32. The van der Waals surface area contributed by atoms with Crippen LogP contribution in [-0.2, 0) is 11.3 Å². The molecular weight excluding hydrogens is 248 g/mol. The van der Waals surface area contributed by atoms with Gasteiger partial charge in [0.25, 0.3) is 5.91 Å². The molecule has 3 heteroatoms. The number of rotatable bonds is 3. The zero-order valence-corrected chi connectivity index (χ0v) is 12.5. The van der Waals surface area contributed by atoms with Crippen LogP contribution in [0.4, 0.5) is 5.69 Å². The zero-order chi connectivity index (χ0) is 14.7. The Kier molecular flexibility index (Phi) is 4.18. The van der Waals surface area contributed by atoms with Crippen molar-refractivity contribution in [3.63, 3.8) is 0 Å². The number of carbonyl (C=O) groups is 1. The summed E-state index contributed by atoms with van der Waals surface area (Å²) in [5, 5.41) is 2.96. The molecule has 2 rings (SSSR count). The van der Waals surface area contributed by atoms with E-state index >= 15 is 0 Å². The first-order chi connectivity index (χ1) is 9.45. The van der Waals surface area contributed by atoms with Crippen molar-refractivity contribution in [1.29, 1.82) is 0 Å². The topological polar surface area (TPSA) is 33.0 Å². The minimum Gasteiger partial charge on any atom is -0.321 e. The summed E-state index contributed by atoms with van der Waals surface area (Å²) >= 11 is 0. The molecule has 0 atom stereocenters. The summed E-state index contributed by atoms with van der Waals surface area (Å²) in [6.45, 7) is 8.47.